The number of hydrogen-bond donors (Lipinski definition) is 0. The number of ketones is 1. The van der Waals surface area contributed by atoms with Crippen LogP contribution < -0.4 is 4.74 Å². The van der Waals surface area contributed by atoms with E-state index in [2.05, 4.69) is 35.0 Å². The molecule has 3 aromatic rings. The average molecular weight is 456 g/mol. The number of fused-ring (bicyclic) bond motifs is 1. The van der Waals surface area contributed by atoms with Crippen LogP contribution >= 0.6 is 0 Å². The number of ether oxygens (including phenoxy) is 1. The van der Waals surface area contributed by atoms with Crippen LogP contribution in [0.3, 0.4) is 0 Å². The largest absolute Gasteiger partial charge is 0.497 e. The number of carbonyl (C=O) groups excluding carboxylic acids is 2. The van der Waals surface area contributed by atoms with Gasteiger partial charge in [0.25, 0.3) is 0 Å². The van der Waals surface area contributed by atoms with E-state index in [9.17, 15) is 9.59 Å². The number of amides is 1. The number of benzene rings is 1. The summed E-state index contributed by atoms with van der Waals surface area (Å²) in [6, 6.07) is 5.67. The number of methoxy groups -OCH3 is 1. The number of rotatable bonds is 6. The molecule has 0 N–H and O–H groups in total. The first-order valence-corrected chi connectivity index (χ1v) is 10.9. The van der Waals surface area contributed by atoms with Crippen LogP contribution in [0, 0.1) is 18.8 Å². The Morgan fingerprint density at radius 2 is 2.03 bits per heavy atom. The molecule has 34 heavy (non-hydrogen) atoms. The van der Waals surface area contributed by atoms with E-state index in [0.29, 0.717) is 35.5 Å². The molecule has 1 saturated heterocycles. The van der Waals surface area contributed by atoms with Crippen LogP contribution in [0.2, 0.25) is 0 Å². The highest BCUT2D eigenvalue weighted by Gasteiger charge is 2.29. The maximum atomic E-state index is 12.1. The molecule has 172 valence electrons. The Kier molecular flexibility index (Phi) is 6.55. The standard InChI is InChI=1S/C26H25N5O3/c1-5-20(32)14-23-25-22(8-7-18-11-17(3)12-21(13-18)34-4)29-31(26(25)28-16-27-23)19-9-10-30(15-19)24(33)6-2/h5-6,11-13,16,19H,1-2,9-10,14-15H2,3-4H3/t19-/m0/s1. The van der Waals surface area contributed by atoms with Crippen LogP contribution in [-0.2, 0) is 16.0 Å². The Balaban J connectivity index is 1.82. The predicted octanol–water partition coefficient (Wildman–Crippen LogP) is 2.80. The number of hydrogen-bond acceptors (Lipinski definition) is 6. The van der Waals surface area contributed by atoms with Crippen LogP contribution in [0.15, 0.2) is 49.8 Å². The van der Waals surface area contributed by atoms with Gasteiger partial charge in [-0.25, -0.2) is 14.6 Å². The monoisotopic (exact) mass is 455 g/mol. The Morgan fingerprint density at radius 1 is 1.21 bits per heavy atom. The summed E-state index contributed by atoms with van der Waals surface area (Å²) >= 11 is 0. The maximum Gasteiger partial charge on any atom is 0.246 e. The Bertz CT molecular complexity index is 1360. The summed E-state index contributed by atoms with van der Waals surface area (Å²) in [5.74, 6) is 6.77. The van der Waals surface area contributed by atoms with Gasteiger partial charge < -0.3 is 9.64 Å². The van der Waals surface area contributed by atoms with E-state index in [-0.39, 0.29) is 24.2 Å². The van der Waals surface area contributed by atoms with Gasteiger partial charge in [-0.1, -0.05) is 19.1 Å². The molecule has 8 nitrogen and oxygen atoms in total. The highest BCUT2D eigenvalue weighted by Crippen LogP contribution is 2.28. The van der Waals surface area contributed by atoms with Gasteiger partial charge in [-0.05, 0) is 55.2 Å². The zero-order valence-electron chi connectivity index (χ0n) is 19.2. The molecule has 1 atom stereocenters. The number of aromatic nitrogens is 4. The van der Waals surface area contributed by atoms with Gasteiger partial charge in [0.15, 0.2) is 11.4 Å². The van der Waals surface area contributed by atoms with Crippen molar-refractivity contribution < 1.29 is 14.3 Å². The zero-order chi connectivity index (χ0) is 24.2. The molecule has 0 radical (unpaired) electrons. The van der Waals surface area contributed by atoms with Crippen molar-refractivity contribution in [2.24, 2.45) is 0 Å². The van der Waals surface area contributed by atoms with E-state index in [1.807, 2.05) is 25.1 Å². The van der Waals surface area contributed by atoms with Gasteiger partial charge in [-0.15, -0.1) is 0 Å². The lowest BCUT2D eigenvalue weighted by molar-refractivity contribution is -0.125. The lowest BCUT2D eigenvalue weighted by Gasteiger charge is -2.14. The van der Waals surface area contributed by atoms with E-state index in [1.165, 1.54) is 18.5 Å². The van der Waals surface area contributed by atoms with E-state index in [4.69, 9.17) is 9.84 Å². The summed E-state index contributed by atoms with van der Waals surface area (Å²) < 4.78 is 7.15. The molecule has 4 rings (SSSR count). The summed E-state index contributed by atoms with van der Waals surface area (Å²) in [4.78, 5) is 34.8. The van der Waals surface area contributed by atoms with Crippen molar-refractivity contribution in [1.29, 1.82) is 0 Å². The van der Waals surface area contributed by atoms with Gasteiger partial charge in [0.2, 0.25) is 5.91 Å². The quantitative estimate of drug-likeness (QED) is 0.419. The van der Waals surface area contributed by atoms with Crippen molar-refractivity contribution in [3.8, 4) is 17.6 Å². The molecule has 1 aliphatic rings. The number of aryl methyl sites for hydroxylation is 1. The second-order valence-electron chi connectivity index (χ2n) is 8.08. The van der Waals surface area contributed by atoms with Crippen molar-refractivity contribution >= 4 is 22.7 Å². The number of nitrogens with zero attached hydrogens (tertiary/aromatic N) is 5. The normalized spacial score (nSPS) is 15.0. The van der Waals surface area contributed by atoms with Gasteiger partial charge in [0, 0.05) is 18.7 Å². The fourth-order valence-corrected chi connectivity index (χ4v) is 4.09. The van der Waals surface area contributed by atoms with Gasteiger partial charge >= 0.3 is 0 Å². The van der Waals surface area contributed by atoms with Crippen LogP contribution in [0.25, 0.3) is 11.0 Å². The summed E-state index contributed by atoms with van der Waals surface area (Å²) in [6.07, 6.45) is 4.82. The first-order chi connectivity index (χ1) is 16.4. The van der Waals surface area contributed by atoms with Crippen molar-refractivity contribution in [2.45, 2.75) is 25.8 Å². The highest BCUT2D eigenvalue weighted by molar-refractivity contribution is 5.94. The third kappa shape index (κ3) is 4.59. The summed E-state index contributed by atoms with van der Waals surface area (Å²) in [7, 11) is 1.61. The van der Waals surface area contributed by atoms with Gasteiger partial charge in [0.05, 0.1) is 30.7 Å². The van der Waals surface area contributed by atoms with Crippen LogP contribution in [0.4, 0.5) is 0 Å². The predicted molar refractivity (Wildman–Crippen MR) is 128 cm³/mol. The third-order valence-electron chi connectivity index (χ3n) is 5.74. The molecule has 0 spiro atoms. The lowest BCUT2D eigenvalue weighted by atomic mass is 10.1. The SMILES string of the molecule is C=CC(=O)Cc1ncnc2c1c(C#Cc1cc(C)cc(OC)c1)nn2[C@H]1CCN(C(=O)C=C)C1. The topological polar surface area (TPSA) is 90.2 Å². The van der Waals surface area contributed by atoms with E-state index in [1.54, 1.807) is 16.7 Å². The molecule has 1 aliphatic heterocycles. The Morgan fingerprint density at radius 3 is 2.76 bits per heavy atom. The fourth-order valence-electron chi connectivity index (χ4n) is 4.09. The van der Waals surface area contributed by atoms with Crippen molar-refractivity contribution in [1.82, 2.24) is 24.6 Å². The first-order valence-electron chi connectivity index (χ1n) is 10.9. The molecule has 1 aromatic carbocycles. The molecule has 1 fully saturated rings. The number of likely N-dealkylation sites (tertiary alicyclic amines) is 1. The van der Waals surface area contributed by atoms with Crippen LogP contribution in [-0.4, -0.2) is 56.5 Å². The summed E-state index contributed by atoms with van der Waals surface area (Å²) in [5, 5.41) is 5.41. The minimum absolute atomic E-state index is 0.0705. The molecule has 8 heteroatoms. The van der Waals surface area contributed by atoms with Crippen molar-refractivity contribution in [3.05, 3.63) is 72.4 Å². The summed E-state index contributed by atoms with van der Waals surface area (Å²) in [5.41, 5.74) is 3.42. The highest BCUT2D eigenvalue weighted by atomic mass is 16.5. The van der Waals surface area contributed by atoms with Crippen LogP contribution in [0.5, 0.6) is 5.75 Å². The Hall–Kier alpha value is -4.25. The zero-order valence-corrected chi connectivity index (χ0v) is 19.2. The second-order valence-corrected chi connectivity index (χ2v) is 8.08. The first kappa shape index (κ1) is 22.9. The van der Waals surface area contributed by atoms with E-state index >= 15 is 0 Å². The van der Waals surface area contributed by atoms with E-state index < -0.39 is 0 Å². The lowest BCUT2D eigenvalue weighted by Crippen LogP contribution is -2.27. The molecule has 0 saturated carbocycles. The Labute approximate surface area is 198 Å². The van der Waals surface area contributed by atoms with Crippen LogP contribution in [0.1, 0.15) is 35.0 Å². The van der Waals surface area contributed by atoms with Crippen molar-refractivity contribution in [3.63, 3.8) is 0 Å². The van der Waals surface area contributed by atoms with Gasteiger partial charge in [-0.2, -0.15) is 5.10 Å². The summed E-state index contributed by atoms with van der Waals surface area (Å²) in [6.45, 7) is 10.2. The van der Waals surface area contributed by atoms with Gasteiger partial charge in [0.1, 0.15) is 17.8 Å². The minimum atomic E-state index is -0.154. The molecular weight excluding hydrogens is 430 g/mol. The second kappa shape index (κ2) is 9.71. The molecule has 0 unspecified atom stereocenters. The van der Waals surface area contributed by atoms with Crippen molar-refractivity contribution in [2.75, 3.05) is 20.2 Å². The molecule has 1 amide bonds. The van der Waals surface area contributed by atoms with Gasteiger partial charge in [-0.3, -0.25) is 9.59 Å². The smallest absolute Gasteiger partial charge is 0.246 e. The minimum Gasteiger partial charge on any atom is -0.497 e. The molecule has 2 aromatic heterocycles. The number of allylic oxidation sites excluding steroid dienone is 1. The molecule has 0 aliphatic carbocycles. The average Bonchev–Trinajstić information content (AvgIpc) is 3.47. The molecule has 0 bridgehead atoms. The molecule has 3 heterocycles. The fraction of sp³-hybridized carbons (Fsp3) is 0.269. The maximum absolute atomic E-state index is 12.1. The third-order valence-corrected chi connectivity index (χ3v) is 5.74. The number of carbonyl (C=O) groups is 2. The molecular formula is C26H25N5O3. The van der Waals surface area contributed by atoms with E-state index in [0.717, 1.165) is 23.3 Å².